The first-order valence-electron chi connectivity index (χ1n) is 16.3. The molecule has 4 aromatic rings. The van der Waals surface area contributed by atoms with Crippen LogP contribution in [0.3, 0.4) is 0 Å². The lowest BCUT2D eigenvalue weighted by Gasteiger charge is -2.31. The number of phenolic OH excluding ortho intramolecular Hbond substituents is 1. The number of ether oxygens (including phenoxy) is 1. The fourth-order valence-corrected chi connectivity index (χ4v) is 8.77. The van der Waals surface area contributed by atoms with E-state index in [1.54, 1.807) is 18.2 Å². The second-order valence-electron chi connectivity index (χ2n) is 13.4. The number of hydrogen-bond donors (Lipinski definition) is 2. The Morgan fingerprint density at radius 1 is 1.11 bits per heavy atom. The number of rotatable bonds is 6. The topological polar surface area (TPSA) is 73.8 Å². The lowest BCUT2D eigenvalue weighted by atomic mass is 9.92. The average Bonchev–Trinajstić information content (AvgIpc) is 3.66. The molecule has 7 nitrogen and oxygen atoms in total. The van der Waals surface area contributed by atoms with E-state index in [1.807, 2.05) is 18.2 Å². The van der Waals surface area contributed by atoms with Crippen molar-refractivity contribution < 1.29 is 18.6 Å². The highest BCUT2D eigenvalue weighted by molar-refractivity contribution is 6.35. The normalized spacial score (nSPS) is 26.6. The summed E-state index contributed by atoms with van der Waals surface area (Å²) in [7, 11) is 0. The number of halogens is 3. The van der Waals surface area contributed by atoms with Crippen molar-refractivity contribution >= 4 is 39.1 Å². The van der Waals surface area contributed by atoms with Crippen LogP contribution in [0, 0.1) is 5.82 Å². The third-order valence-corrected chi connectivity index (χ3v) is 10.9. The molecule has 2 bridgehead atoms. The summed E-state index contributed by atoms with van der Waals surface area (Å²) in [4.78, 5) is 14.0. The summed E-state index contributed by atoms with van der Waals surface area (Å²) in [5, 5.41) is 16.8. The number of anilines is 1. The largest absolute Gasteiger partial charge is 0.508 e. The Morgan fingerprint density at radius 2 is 1.98 bits per heavy atom. The standard InChI is InChI=1S/C35H38ClF2N5O2/c1-2-20-5-3-6-21-13-25(44)14-26(29(20)21)30-28(36)15-27-32(31(30)38)40-34(45-19-35-10-4-11-43(35)17-22(37)16-35)41-33(27)42-12-9-23-7-8-24(18-42)39-23/h3,5-6,13-15,22-24,39,44H,2,4,7-12,16-19H2,1H3/t22-,23-,24+,35+/m1/s1. The first kappa shape index (κ1) is 29.2. The van der Waals surface area contributed by atoms with E-state index in [0.29, 0.717) is 41.8 Å². The first-order valence-corrected chi connectivity index (χ1v) is 16.7. The number of phenols is 1. The Bertz CT molecular complexity index is 1810. The molecule has 45 heavy (non-hydrogen) atoms. The second kappa shape index (κ2) is 11.2. The summed E-state index contributed by atoms with van der Waals surface area (Å²) in [6.07, 6.45) is 5.33. The average molecular weight is 634 g/mol. The van der Waals surface area contributed by atoms with E-state index >= 15 is 4.39 Å². The third-order valence-electron chi connectivity index (χ3n) is 10.6. The van der Waals surface area contributed by atoms with Crippen LogP contribution < -0.4 is 15.0 Å². The minimum atomic E-state index is -0.880. The zero-order valence-electron chi connectivity index (χ0n) is 25.5. The number of benzene rings is 3. The van der Waals surface area contributed by atoms with E-state index in [1.165, 1.54) is 0 Å². The van der Waals surface area contributed by atoms with Gasteiger partial charge in [0.2, 0.25) is 0 Å². The van der Waals surface area contributed by atoms with Gasteiger partial charge >= 0.3 is 6.01 Å². The van der Waals surface area contributed by atoms with Crippen molar-refractivity contribution in [3.8, 4) is 22.9 Å². The van der Waals surface area contributed by atoms with E-state index in [2.05, 4.69) is 27.0 Å². The molecule has 4 aliphatic rings. The van der Waals surface area contributed by atoms with Gasteiger partial charge in [-0.15, -0.1) is 0 Å². The van der Waals surface area contributed by atoms with E-state index in [9.17, 15) is 9.50 Å². The summed E-state index contributed by atoms with van der Waals surface area (Å²) in [6, 6.07) is 11.8. The lowest BCUT2D eigenvalue weighted by molar-refractivity contribution is 0.107. The monoisotopic (exact) mass is 633 g/mol. The molecule has 0 spiro atoms. The van der Waals surface area contributed by atoms with E-state index in [0.717, 1.165) is 74.5 Å². The van der Waals surface area contributed by atoms with Gasteiger partial charge < -0.3 is 20.1 Å². The van der Waals surface area contributed by atoms with Gasteiger partial charge in [-0.3, -0.25) is 4.90 Å². The number of alkyl halides is 1. The van der Waals surface area contributed by atoms with Gasteiger partial charge in [0.05, 0.1) is 10.6 Å². The zero-order valence-corrected chi connectivity index (χ0v) is 26.2. The van der Waals surface area contributed by atoms with Gasteiger partial charge in [-0.05, 0) is 85.2 Å². The molecular weight excluding hydrogens is 596 g/mol. The highest BCUT2D eigenvalue weighted by Crippen LogP contribution is 2.44. The molecule has 0 unspecified atom stereocenters. The van der Waals surface area contributed by atoms with Crippen LogP contribution >= 0.6 is 11.6 Å². The summed E-state index contributed by atoms with van der Waals surface area (Å²) < 4.78 is 37.9. The van der Waals surface area contributed by atoms with Crippen molar-refractivity contribution in [1.29, 1.82) is 0 Å². The van der Waals surface area contributed by atoms with E-state index in [-0.39, 0.29) is 40.0 Å². The number of aryl methyl sites for hydroxylation is 1. The van der Waals surface area contributed by atoms with Crippen molar-refractivity contribution in [3.05, 3.63) is 52.8 Å². The highest BCUT2D eigenvalue weighted by Gasteiger charge is 2.49. The fourth-order valence-electron chi connectivity index (χ4n) is 8.48. The van der Waals surface area contributed by atoms with Gasteiger partial charge in [-0.1, -0.05) is 36.7 Å². The molecule has 0 aliphatic carbocycles. The van der Waals surface area contributed by atoms with Crippen LogP contribution in [-0.2, 0) is 6.42 Å². The molecule has 0 radical (unpaired) electrons. The summed E-state index contributed by atoms with van der Waals surface area (Å²) >= 11 is 6.98. The Hall–Kier alpha value is -3.27. The minimum absolute atomic E-state index is 0.0314. The molecule has 0 amide bonds. The Balaban J connectivity index is 1.29. The molecule has 2 N–H and O–H groups in total. The van der Waals surface area contributed by atoms with Crippen molar-refractivity contribution in [1.82, 2.24) is 20.2 Å². The van der Waals surface area contributed by atoms with Gasteiger partial charge in [-0.2, -0.15) is 9.97 Å². The van der Waals surface area contributed by atoms with Gasteiger partial charge in [0.25, 0.3) is 0 Å². The maximum atomic E-state index is 17.1. The maximum Gasteiger partial charge on any atom is 0.319 e. The van der Waals surface area contributed by atoms with E-state index in [4.69, 9.17) is 21.3 Å². The number of nitrogens with one attached hydrogen (secondary N) is 1. The second-order valence-corrected chi connectivity index (χ2v) is 13.8. The minimum Gasteiger partial charge on any atom is -0.508 e. The predicted octanol–water partition coefficient (Wildman–Crippen LogP) is 6.80. The molecule has 5 heterocycles. The summed E-state index contributed by atoms with van der Waals surface area (Å²) in [5.41, 5.74) is 1.48. The molecule has 4 saturated heterocycles. The number of aromatic hydroxyl groups is 1. The number of hydrogen-bond acceptors (Lipinski definition) is 7. The van der Waals surface area contributed by atoms with Crippen LogP contribution in [0.15, 0.2) is 36.4 Å². The Labute approximate surface area is 266 Å². The van der Waals surface area contributed by atoms with Crippen LogP contribution in [-0.4, -0.2) is 76.6 Å². The molecule has 1 aromatic heterocycles. The number of aromatic nitrogens is 2. The number of nitrogens with zero attached hydrogens (tertiary/aromatic N) is 4. The maximum absolute atomic E-state index is 17.1. The number of fused-ring (bicyclic) bond motifs is 5. The molecule has 3 aromatic carbocycles. The molecule has 0 saturated carbocycles. The Morgan fingerprint density at radius 3 is 2.84 bits per heavy atom. The molecule has 4 fully saturated rings. The molecular formula is C35H38ClF2N5O2. The SMILES string of the molecule is CCc1cccc2cc(O)cc(-c3c(Cl)cc4c(N5CC[C@H]6CC[C@@H](C5)N6)nc(OC[C@@]56CCCN5C[C@H](F)C6)nc4c3F)c12. The van der Waals surface area contributed by atoms with Gasteiger partial charge in [0.1, 0.15) is 29.9 Å². The van der Waals surface area contributed by atoms with Crippen LogP contribution in [0.1, 0.15) is 51.0 Å². The smallest absolute Gasteiger partial charge is 0.319 e. The quantitative estimate of drug-likeness (QED) is 0.242. The molecule has 4 atom stereocenters. The molecule has 236 valence electrons. The van der Waals surface area contributed by atoms with Crippen molar-refractivity contribution in [3.63, 3.8) is 0 Å². The summed E-state index contributed by atoms with van der Waals surface area (Å²) in [5.74, 6) is 0.0508. The van der Waals surface area contributed by atoms with Crippen molar-refractivity contribution in [2.45, 2.75) is 75.7 Å². The molecule has 8 rings (SSSR count). The van der Waals surface area contributed by atoms with Crippen molar-refractivity contribution in [2.75, 3.05) is 37.7 Å². The molecule has 10 heteroatoms. The van der Waals surface area contributed by atoms with Gasteiger partial charge in [0.15, 0.2) is 5.82 Å². The first-order chi connectivity index (χ1) is 21.8. The van der Waals surface area contributed by atoms with E-state index < -0.39 is 12.0 Å². The molecule has 4 aliphatic heterocycles. The van der Waals surface area contributed by atoms with Crippen LogP contribution in [0.5, 0.6) is 11.8 Å². The fraction of sp³-hybridized carbons (Fsp3) is 0.486. The lowest BCUT2D eigenvalue weighted by Crippen LogP contribution is -2.43. The highest BCUT2D eigenvalue weighted by atomic mass is 35.5. The van der Waals surface area contributed by atoms with Gasteiger partial charge in [0, 0.05) is 49.1 Å². The Kier molecular flexibility index (Phi) is 7.26. The van der Waals surface area contributed by atoms with Crippen molar-refractivity contribution in [2.24, 2.45) is 0 Å². The van der Waals surface area contributed by atoms with Crippen LogP contribution in [0.2, 0.25) is 5.02 Å². The van der Waals surface area contributed by atoms with Gasteiger partial charge in [-0.25, -0.2) is 8.78 Å². The van der Waals surface area contributed by atoms with Crippen LogP contribution in [0.4, 0.5) is 14.6 Å². The van der Waals surface area contributed by atoms with Crippen LogP contribution in [0.25, 0.3) is 32.8 Å². The zero-order chi connectivity index (χ0) is 30.9. The summed E-state index contributed by atoms with van der Waals surface area (Å²) in [6.45, 7) is 5.08. The third kappa shape index (κ3) is 4.98. The predicted molar refractivity (Wildman–Crippen MR) is 174 cm³/mol.